The van der Waals surface area contributed by atoms with Gasteiger partial charge >= 0.3 is 0 Å². The number of benzene rings is 7. The molecule has 0 bridgehead atoms. The summed E-state index contributed by atoms with van der Waals surface area (Å²) in [7, 11) is 0. The van der Waals surface area contributed by atoms with E-state index in [0.29, 0.717) is 0 Å². The molecule has 0 radical (unpaired) electrons. The quantitative estimate of drug-likeness (QED) is 0.200. The summed E-state index contributed by atoms with van der Waals surface area (Å²) in [6, 6.07) is 55.0. The van der Waals surface area contributed by atoms with Crippen LogP contribution in [-0.4, -0.2) is 9.13 Å². The van der Waals surface area contributed by atoms with Crippen LogP contribution in [0.1, 0.15) is 0 Å². The maximum absolute atomic E-state index is 2.41. The van der Waals surface area contributed by atoms with E-state index in [1.54, 1.807) is 0 Å². The van der Waals surface area contributed by atoms with Crippen LogP contribution >= 0.6 is 0 Å². The van der Waals surface area contributed by atoms with E-state index >= 15 is 0 Å². The molecule has 9 aromatic rings. The zero-order chi connectivity index (χ0) is 27.6. The minimum atomic E-state index is 1.16. The summed E-state index contributed by atoms with van der Waals surface area (Å²) in [5.74, 6) is 0. The second kappa shape index (κ2) is 8.95. The Kier molecular flexibility index (Phi) is 4.93. The first-order valence-electron chi connectivity index (χ1n) is 14.5. The number of nitrogens with zero attached hydrogens (tertiary/aromatic N) is 2. The Morgan fingerprint density at radius 3 is 1.71 bits per heavy atom. The lowest BCUT2D eigenvalue weighted by molar-refractivity contribution is 1.13. The lowest BCUT2D eigenvalue weighted by Gasteiger charge is -2.14. The molecule has 42 heavy (non-hydrogen) atoms. The van der Waals surface area contributed by atoms with Crippen molar-refractivity contribution >= 4 is 54.3 Å². The zero-order valence-electron chi connectivity index (χ0n) is 22.9. The second-order valence-electron chi connectivity index (χ2n) is 11.0. The predicted octanol–water partition coefficient (Wildman–Crippen LogP) is 10.7. The normalized spacial score (nSPS) is 11.8. The molecular formula is C40H26N2. The third kappa shape index (κ3) is 3.33. The van der Waals surface area contributed by atoms with Gasteiger partial charge < -0.3 is 9.13 Å². The van der Waals surface area contributed by atoms with Crippen LogP contribution < -0.4 is 0 Å². The molecule has 0 saturated carbocycles. The van der Waals surface area contributed by atoms with E-state index in [9.17, 15) is 0 Å². The van der Waals surface area contributed by atoms with Crippen LogP contribution in [-0.2, 0) is 0 Å². The number of fused-ring (bicyclic) bond motifs is 7. The van der Waals surface area contributed by atoms with Crippen molar-refractivity contribution in [3.8, 4) is 22.5 Å². The van der Waals surface area contributed by atoms with Gasteiger partial charge in [0.05, 0.1) is 16.6 Å². The SMILES string of the molecule is c1ccc(-n2ccc3c4c5ccccc5n(-c5ccc(-c6c7ccccc7cc7ccccc67)cc5)c4ccc32)cc1. The molecule has 0 unspecified atom stereocenters. The third-order valence-corrected chi connectivity index (χ3v) is 8.73. The summed E-state index contributed by atoms with van der Waals surface area (Å²) in [5.41, 5.74) is 8.52. The van der Waals surface area contributed by atoms with E-state index in [-0.39, 0.29) is 0 Å². The zero-order valence-corrected chi connectivity index (χ0v) is 22.9. The van der Waals surface area contributed by atoms with Crippen molar-refractivity contribution in [1.29, 1.82) is 0 Å². The fourth-order valence-electron chi connectivity index (χ4n) is 6.88. The van der Waals surface area contributed by atoms with Gasteiger partial charge in [-0.3, -0.25) is 0 Å². The lowest BCUT2D eigenvalue weighted by atomic mass is 9.92. The molecule has 0 N–H and O–H groups in total. The van der Waals surface area contributed by atoms with Gasteiger partial charge in [0.1, 0.15) is 0 Å². The highest BCUT2D eigenvalue weighted by Crippen LogP contribution is 2.40. The van der Waals surface area contributed by atoms with Crippen molar-refractivity contribution in [2.75, 3.05) is 0 Å². The summed E-state index contributed by atoms with van der Waals surface area (Å²) in [6.45, 7) is 0. The first-order chi connectivity index (χ1) is 20.8. The Morgan fingerprint density at radius 2 is 0.976 bits per heavy atom. The van der Waals surface area contributed by atoms with E-state index in [2.05, 4.69) is 167 Å². The molecule has 2 heteroatoms. The van der Waals surface area contributed by atoms with Gasteiger partial charge in [-0.25, -0.2) is 0 Å². The van der Waals surface area contributed by atoms with E-state index in [1.807, 2.05) is 0 Å². The summed E-state index contributed by atoms with van der Waals surface area (Å²) in [6.07, 6.45) is 2.19. The Balaban J connectivity index is 1.26. The molecule has 2 heterocycles. The van der Waals surface area contributed by atoms with Gasteiger partial charge in [0.25, 0.3) is 0 Å². The van der Waals surface area contributed by atoms with Crippen molar-refractivity contribution in [2.45, 2.75) is 0 Å². The monoisotopic (exact) mass is 534 g/mol. The Morgan fingerprint density at radius 1 is 0.381 bits per heavy atom. The predicted molar refractivity (Wildman–Crippen MR) is 178 cm³/mol. The fourth-order valence-corrected chi connectivity index (χ4v) is 6.88. The van der Waals surface area contributed by atoms with Crippen LogP contribution in [0, 0.1) is 0 Å². The van der Waals surface area contributed by atoms with E-state index in [0.717, 1.165) is 5.69 Å². The highest BCUT2D eigenvalue weighted by molar-refractivity contribution is 6.21. The first kappa shape index (κ1) is 23.1. The second-order valence-corrected chi connectivity index (χ2v) is 11.0. The molecule has 9 rings (SSSR count). The molecule has 2 aromatic heterocycles. The van der Waals surface area contributed by atoms with E-state index < -0.39 is 0 Å². The summed E-state index contributed by atoms with van der Waals surface area (Å²) in [4.78, 5) is 0. The maximum atomic E-state index is 2.41. The average molecular weight is 535 g/mol. The van der Waals surface area contributed by atoms with Crippen molar-refractivity contribution in [3.63, 3.8) is 0 Å². The summed E-state index contributed by atoms with van der Waals surface area (Å²) in [5, 5.41) is 8.94. The van der Waals surface area contributed by atoms with Gasteiger partial charge in [-0.05, 0) is 87.3 Å². The standard InChI is InChI=1S/C40H26N2/c1-2-12-30(13-3-1)41-25-24-35-36(41)22-23-38-40(35)34-16-8-9-17-37(34)42(38)31-20-18-27(19-21-31)39-32-14-6-4-10-28(32)26-29-11-5-7-15-33(29)39/h1-26H. The molecule has 0 aliphatic heterocycles. The van der Waals surface area contributed by atoms with Gasteiger partial charge in [0.2, 0.25) is 0 Å². The highest BCUT2D eigenvalue weighted by atomic mass is 15.0. The molecule has 2 nitrogen and oxygen atoms in total. The van der Waals surface area contributed by atoms with Gasteiger partial charge in [-0.15, -0.1) is 0 Å². The molecule has 7 aromatic carbocycles. The topological polar surface area (TPSA) is 9.86 Å². The Labute approximate surface area is 243 Å². The molecule has 0 aliphatic rings. The molecule has 0 saturated heterocycles. The fraction of sp³-hybridized carbons (Fsp3) is 0. The molecule has 0 fully saturated rings. The van der Waals surface area contributed by atoms with Gasteiger partial charge in [-0.1, -0.05) is 97.1 Å². The largest absolute Gasteiger partial charge is 0.317 e. The Bertz CT molecular complexity index is 2390. The highest BCUT2D eigenvalue weighted by Gasteiger charge is 2.17. The van der Waals surface area contributed by atoms with Crippen molar-refractivity contribution in [2.24, 2.45) is 0 Å². The molecular weight excluding hydrogens is 508 g/mol. The first-order valence-corrected chi connectivity index (χ1v) is 14.5. The molecule has 0 amide bonds. The van der Waals surface area contributed by atoms with E-state index in [4.69, 9.17) is 0 Å². The number of hydrogen-bond donors (Lipinski definition) is 0. The molecule has 0 aliphatic carbocycles. The van der Waals surface area contributed by atoms with Crippen molar-refractivity contribution < 1.29 is 0 Å². The minimum Gasteiger partial charge on any atom is -0.317 e. The van der Waals surface area contributed by atoms with Crippen molar-refractivity contribution in [1.82, 2.24) is 9.13 Å². The van der Waals surface area contributed by atoms with Gasteiger partial charge in [0.15, 0.2) is 0 Å². The van der Waals surface area contributed by atoms with Crippen LogP contribution in [0.15, 0.2) is 158 Å². The third-order valence-electron chi connectivity index (χ3n) is 8.73. The van der Waals surface area contributed by atoms with Gasteiger partial charge in [-0.2, -0.15) is 0 Å². The molecule has 196 valence electrons. The molecule has 0 spiro atoms. The maximum Gasteiger partial charge on any atom is 0.0548 e. The van der Waals surface area contributed by atoms with Crippen LogP contribution in [0.25, 0.3) is 76.8 Å². The summed E-state index contributed by atoms with van der Waals surface area (Å²) >= 11 is 0. The van der Waals surface area contributed by atoms with Crippen LogP contribution in [0.5, 0.6) is 0 Å². The number of aromatic nitrogens is 2. The van der Waals surface area contributed by atoms with Gasteiger partial charge in [0, 0.05) is 33.7 Å². The number of para-hydroxylation sites is 2. The smallest absolute Gasteiger partial charge is 0.0548 e. The Hall–Kier alpha value is -5.60. The van der Waals surface area contributed by atoms with Crippen LogP contribution in [0.3, 0.4) is 0 Å². The summed E-state index contributed by atoms with van der Waals surface area (Å²) < 4.78 is 4.69. The molecule has 0 atom stereocenters. The van der Waals surface area contributed by atoms with Crippen LogP contribution in [0.2, 0.25) is 0 Å². The number of rotatable bonds is 3. The minimum absolute atomic E-state index is 1.16. The average Bonchev–Trinajstić information content (AvgIpc) is 3.63. The van der Waals surface area contributed by atoms with E-state index in [1.165, 1.54) is 71.1 Å². The lowest BCUT2D eigenvalue weighted by Crippen LogP contribution is -1.94. The number of hydrogen-bond acceptors (Lipinski definition) is 0. The van der Waals surface area contributed by atoms with Crippen molar-refractivity contribution in [3.05, 3.63) is 158 Å². The van der Waals surface area contributed by atoms with Crippen LogP contribution in [0.4, 0.5) is 0 Å².